The first-order chi connectivity index (χ1) is 7.59. The highest BCUT2D eigenvalue weighted by molar-refractivity contribution is 7.91. The molecule has 2 aromatic heterocycles. The van der Waals surface area contributed by atoms with E-state index in [9.17, 15) is 8.42 Å². The van der Waals surface area contributed by atoms with Gasteiger partial charge in [0.25, 0.3) is 10.0 Å². The molecule has 0 radical (unpaired) electrons. The number of aryl methyl sites for hydroxylation is 1. The van der Waals surface area contributed by atoms with Crippen LogP contribution in [0.3, 0.4) is 0 Å². The first-order valence-corrected chi connectivity index (χ1v) is 6.82. The van der Waals surface area contributed by atoms with Crippen molar-refractivity contribution in [2.45, 2.75) is 10.9 Å². The highest BCUT2D eigenvalue weighted by Crippen LogP contribution is 2.11. The summed E-state index contributed by atoms with van der Waals surface area (Å²) in [5, 5.41) is 5.57. The van der Waals surface area contributed by atoms with Gasteiger partial charge in [0.05, 0.1) is 12.2 Å². The Morgan fingerprint density at radius 2 is 2.31 bits per heavy atom. The van der Waals surface area contributed by atoms with Gasteiger partial charge in [-0.15, -0.1) is 11.3 Å². The van der Waals surface area contributed by atoms with Crippen LogP contribution in [0.5, 0.6) is 0 Å². The smallest absolute Gasteiger partial charge is 0.268 e. The van der Waals surface area contributed by atoms with E-state index < -0.39 is 10.0 Å². The summed E-state index contributed by atoms with van der Waals surface area (Å²) >= 11 is 1.09. The van der Waals surface area contributed by atoms with Crippen molar-refractivity contribution in [2.75, 3.05) is 0 Å². The molecule has 0 unspecified atom stereocenters. The zero-order valence-corrected chi connectivity index (χ0v) is 10.1. The van der Waals surface area contributed by atoms with Gasteiger partial charge in [0.15, 0.2) is 0 Å². The largest absolute Gasteiger partial charge is 0.271 e. The summed E-state index contributed by atoms with van der Waals surface area (Å²) in [7, 11) is -1.74. The monoisotopic (exact) mass is 258 g/mol. The van der Waals surface area contributed by atoms with Crippen LogP contribution in [0.1, 0.15) is 5.69 Å². The van der Waals surface area contributed by atoms with E-state index in [4.69, 9.17) is 0 Å². The van der Waals surface area contributed by atoms with Gasteiger partial charge in [-0.3, -0.25) is 4.68 Å². The Bertz CT molecular complexity index is 559. The molecular weight excluding hydrogens is 248 g/mol. The van der Waals surface area contributed by atoms with Crippen LogP contribution in [-0.2, 0) is 23.6 Å². The number of rotatable bonds is 4. The second kappa shape index (κ2) is 4.32. The quantitative estimate of drug-likeness (QED) is 0.858. The third-order valence-electron chi connectivity index (χ3n) is 2.01. The Morgan fingerprint density at radius 3 is 2.88 bits per heavy atom. The molecule has 0 fully saturated rings. The number of nitrogens with zero attached hydrogens (tertiary/aromatic N) is 3. The zero-order valence-electron chi connectivity index (χ0n) is 8.49. The first-order valence-electron chi connectivity index (χ1n) is 4.45. The first kappa shape index (κ1) is 11.2. The molecule has 0 aliphatic heterocycles. The van der Waals surface area contributed by atoms with Gasteiger partial charge in [0.1, 0.15) is 0 Å². The fraction of sp³-hybridized carbons (Fsp3) is 0.250. The van der Waals surface area contributed by atoms with E-state index in [2.05, 4.69) is 14.8 Å². The predicted octanol–water partition coefficient (Wildman–Crippen LogP) is 0.355. The number of hydrogen-bond donors (Lipinski definition) is 1. The fourth-order valence-corrected chi connectivity index (χ4v) is 3.02. The maximum absolute atomic E-state index is 11.7. The summed E-state index contributed by atoms with van der Waals surface area (Å²) in [6.07, 6.45) is 3.08. The Balaban J connectivity index is 2.09. The number of nitrogens with one attached hydrogen (secondary N) is 1. The molecule has 0 aliphatic carbocycles. The van der Waals surface area contributed by atoms with E-state index in [1.165, 1.54) is 6.20 Å². The van der Waals surface area contributed by atoms with Crippen molar-refractivity contribution in [3.8, 4) is 0 Å². The average molecular weight is 258 g/mol. The van der Waals surface area contributed by atoms with Crippen molar-refractivity contribution < 1.29 is 8.42 Å². The minimum absolute atomic E-state index is 0.0784. The van der Waals surface area contributed by atoms with Crippen molar-refractivity contribution in [2.24, 2.45) is 7.05 Å². The fourth-order valence-electron chi connectivity index (χ4n) is 1.15. The number of hydrogen-bond acceptors (Lipinski definition) is 5. The summed E-state index contributed by atoms with van der Waals surface area (Å²) in [5.74, 6) is 0. The molecule has 8 heteroatoms. The van der Waals surface area contributed by atoms with Crippen LogP contribution >= 0.6 is 11.3 Å². The van der Waals surface area contributed by atoms with Crippen LogP contribution < -0.4 is 4.72 Å². The Kier molecular flexibility index (Phi) is 3.03. The molecule has 0 bridgehead atoms. The molecule has 0 aromatic carbocycles. The van der Waals surface area contributed by atoms with Gasteiger partial charge in [0.2, 0.25) is 4.34 Å². The molecule has 0 atom stereocenters. The van der Waals surface area contributed by atoms with Crippen molar-refractivity contribution >= 4 is 21.4 Å². The van der Waals surface area contributed by atoms with Crippen LogP contribution in [0.2, 0.25) is 0 Å². The molecule has 16 heavy (non-hydrogen) atoms. The van der Waals surface area contributed by atoms with Crippen LogP contribution in [0, 0.1) is 0 Å². The van der Waals surface area contributed by atoms with Crippen LogP contribution in [0.25, 0.3) is 0 Å². The maximum Gasteiger partial charge on any atom is 0.268 e. The lowest BCUT2D eigenvalue weighted by molar-refractivity contribution is 0.576. The molecule has 2 rings (SSSR count). The molecule has 0 aliphatic rings. The standard InChI is InChI=1S/C8H10N4O2S2/c1-12-7(2-3-10-12)6-11-16(13,14)8-9-4-5-15-8/h2-5,11H,6H2,1H3. The maximum atomic E-state index is 11.7. The van der Waals surface area contributed by atoms with Gasteiger partial charge < -0.3 is 0 Å². The summed E-state index contributed by atoms with van der Waals surface area (Å²) in [6.45, 7) is 0.207. The minimum atomic E-state index is -3.49. The molecule has 0 saturated heterocycles. The SMILES string of the molecule is Cn1nccc1CNS(=O)(=O)c1nccs1. The van der Waals surface area contributed by atoms with Crippen molar-refractivity contribution in [3.63, 3.8) is 0 Å². The number of thiazole rings is 1. The van der Waals surface area contributed by atoms with Crippen molar-refractivity contribution in [3.05, 3.63) is 29.5 Å². The van der Waals surface area contributed by atoms with Crippen molar-refractivity contribution in [1.82, 2.24) is 19.5 Å². The van der Waals surface area contributed by atoms with Gasteiger partial charge in [-0.1, -0.05) is 0 Å². The van der Waals surface area contributed by atoms with E-state index in [0.717, 1.165) is 17.0 Å². The van der Waals surface area contributed by atoms with E-state index in [0.29, 0.717) is 0 Å². The molecule has 0 spiro atoms. The van der Waals surface area contributed by atoms with E-state index >= 15 is 0 Å². The average Bonchev–Trinajstić information content (AvgIpc) is 2.85. The summed E-state index contributed by atoms with van der Waals surface area (Å²) < 4.78 is 27.6. The lowest BCUT2D eigenvalue weighted by Crippen LogP contribution is -2.24. The third kappa shape index (κ3) is 2.29. The number of aromatic nitrogens is 3. The molecule has 0 saturated carbocycles. The Hall–Kier alpha value is -1.25. The highest BCUT2D eigenvalue weighted by atomic mass is 32.2. The summed E-state index contributed by atoms with van der Waals surface area (Å²) in [6, 6.07) is 1.75. The second-order valence-electron chi connectivity index (χ2n) is 3.07. The Labute approximate surface area is 97.0 Å². The van der Waals surface area contributed by atoms with Gasteiger partial charge >= 0.3 is 0 Å². The molecule has 2 aromatic rings. The van der Waals surface area contributed by atoms with E-state index in [1.54, 1.807) is 29.4 Å². The topological polar surface area (TPSA) is 76.9 Å². The Morgan fingerprint density at radius 1 is 1.50 bits per heavy atom. The zero-order chi connectivity index (χ0) is 11.6. The number of sulfonamides is 1. The van der Waals surface area contributed by atoms with E-state index in [-0.39, 0.29) is 10.9 Å². The van der Waals surface area contributed by atoms with Crippen LogP contribution in [-0.4, -0.2) is 23.2 Å². The van der Waals surface area contributed by atoms with Crippen molar-refractivity contribution in [1.29, 1.82) is 0 Å². The molecule has 0 amide bonds. The van der Waals surface area contributed by atoms with Crippen LogP contribution in [0.4, 0.5) is 0 Å². The van der Waals surface area contributed by atoms with Gasteiger partial charge in [0, 0.05) is 24.8 Å². The molecular formula is C8H10N4O2S2. The van der Waals surface area contributed by atoms with Gasteiger partial charge in [-0.05, 0) is 6.07 Å². The van der Waals surface area contributed by atoms with Gasteiger partial charge in [-0.2, -0.15) is 5.10 Å². The van der Waals surface area contributed by atoms with E-state index in [1.807, 2.05) is 0 Å². The molecule has 6 nitrogen and oxygen atoms in total. The molecule has 2 heterocycles. The minimum Gasteiger partial charge on any atom is -0.271 e. The van der Waals surface area contributed by atoms with Gasteiger partial charge in [-0.25, -0.2) is 18.1 Å². The molecule has 1 N–H and O–H groups in total. The lowest BCUT2D eigenvalue weighted by atomic mass is 10.4. The summed E-state index contributed by atoms with van der Waals surface area (Å²) in [4.78, 5) is 3.76. The third-order valence-corrected chi connectivity index (χ3v) is 4.61. The molecule has 86 valence electrons. The van der Waals surface area contributed by atoms with Crippen LogP contribution in [0.15, 0.2) is 28.2 Å². The second-order valence-corrected chi connectivity index (χ2v) is 5.90. The lowest BCUT2D eigenvalue weighted by Gasteiger charge is -2.03. The predicted molar refractivity (Wildman–Crippen MR) is 59.3 cm³/mol. The highest BCUT2D eigenvalue weighted by Gasteiger charge is 2.16. The summed E-state index contributed by atoms with van der Waals surface area (Å²) in [5.41, 5.74) is 0.792. The normalized spacial score (nSPS) is 11.8.